The Kier molecular flexibility index (Phi) is 5.19. The molecule has 0 fully saturated rings. The number of hydrogen-bond acceptors (Lipinski definition) is 4. The lowest BCUT2D eigenvalue weighted by molar-refractivity contribution is -0.148. The molecule has 4 heteroatoms. The van der Waals surface area contributed by atoms with Gasteiger partial charge in [0.05, 0.1) is 12.3 Å². The van der Waals surface area contributed by atoms with Crippen molar-refractivity contribution in [3.63, 3.8) is 0 Å². The number of aldehydes is 1. The molecule has 1 aromatic rings. The van der Waals surface area contributed by atoms with Gasteiger partial charge in [-0.05, 0) is 51.8 Å². The standard InChI is InChI=1S/C16H21NO3/c1-6-20-15(19)16(4,5)14-9-12(7-11(2)3)8-13(10-18)17-14/h8-10H,2,6-7H2,1,3-5H3. The van der Waals surface area contributed by atoms with Crippen molar-refractivity contribution in [1.82, 2.24) is 4.98 Å². The molecule has 1 aromatic heterocycles. The zero-order valence-corrected chi connectivity index (χ0v) is 12.5. The van der Waals surface area contributed by atoms with Crippen molar-refractivity contribution in [1.29, 1.82) is 0 Å². The van der Waals surface area contributed by atoms with Crippen LogP contribution in [0.15, 0.2) is 24.3 Å². The van der Waals surface area contributed by atoms with Gasteiger partial charge in [-0.25, -0.2) is 4.98 Å². The quantitative estimate of drug-likeness (QED) is 0.455. The van der Waals surface area contributed by atoms with E-state index in [1.165, 1.54) is 0 Å². The van der Waals surface area contributed by atoms with Crippen LogP contribution in [0.25, 0.3) is 0 Å². The van der Waals surface area contributed by atoms with Gasteiger partial charge in [0.1, 0.15) is 11.1 Å². The Balaban J connectivity index is 3.25. The number of carbonyl (C=O) groups is 2. The third-order valence-corrected chi connectivity index (χ3v) is 2.96. The molecule has 0 unspecified atom stereocenters. The summed E-state index contributed by atoms with van der Waals surface area (Å²) in [6, 6.07) is 3.55. The fourth-order valence-corrected chi connectivity index (χ4v) is 1.86. The van der Waals surface area contributed by atoms with Gasteiger partial charge in [0.25, 0.3) is 0 Å². The van der Waals surface area contributed by atoms with E-state index in [0.717, 1.165) is 11.1 Å². The first-order valence-corrected chi connectivity index (χ1v) is 6.59. The van der Waals surface area contributed by atoms with Gasteiger partial charge >= 0.3 is 5.97 Å². The molecular formula is C16H21NO3. The van der Waals surface area contributed by atoms with E-state index in [0.29, 0.717) is 30.7 Å². The third kappa shape index (κ3) is 3.76. The van der Waals surface area contributed by atoms with Gasteiger partial charge in [0, 0.05) is 0 Å². The molecule has 0 N–H and O–H groups in total. The Labute approximate surface area is 119 Å². The predicted octanol–water partition coefficient (Wildman–Crippen LogP) is 2.85. The highest BCUT2D eigenvalue weighted by molar-refractivity contribution is 5.82. The van der Waals surface area contributed by atoms with Crippen molar-refractivity contribution in [2.24, 2.45) is 0 Å². The van der Waals surface area contributed by atoms with Crippen molar-refractivity contribution in [3.05, 3.63) is 41.2 Å². The summed E-state index contributed by atoms with van der Waals surface area (Å²) in [7, 11) is 0. The second kappa shape index (κ2) is 6.46. The minimum atomic E-state index is -0.890. The van der Waals surface area contributed by atoms with E-state index < -0.39 is 5.41 Å². The number of rotatable bonds is 6. The Morgan fingerprint density at radius 1 is 1.45 bits per heavy atom. The second-order valence-corrected chi connectivity index (χ2v) is 5.38. The number of carbonyl (C=O) groups excluding carboxylic acids is 2. The number of pyridine rings is 1. The van der Waals surface area contributed by atoms with E-state index in [2.05, 4.69) is 11.6 Å². The van der Waals surface area contributed by atoms with Crippen LogP contribution in [0.1, 0.15) is 49.4 Å². The zero-order valence-electron chi connectivity index (χ0n) is 12.5. The van der Waals surface area contributed by atoms with Gasteiger partial charge in [-0.3, -0.25) is 9.59 Å². The van der Waals surface area contributed by atoms with Gasteiger partial charge in [0.2, 0.25) is 0 Å². The lowest BCUT2D eigenvalue weighted by atomic mass is 9.87. The molecule has 0 aliphatic carbocycles. The molecule has 4 nitrogen and oxygen atoms in total. The molecule has 0 amide bonds. The van der Waals surface area contributed by atoms with E-state index in [1.807, 2.05) is 13.0 Å². The molecule has 20 heavy (non-hydrogen) atoms. The lowest BCUT2D eigenvalue weighted by Gasteiger charge is -2.22. The van der Waals surface area contributed by atoms with Crippen LogP contribution in [0.5, 0.6) is 0 Å². The molecule has 0 saturated heterocycles. The molecule has 0 saturated carbocycles. The van der Waals surface area contributed by atoms with E-state index in [-0.39, 0.29) is 5.97 Å². The Bertz CT molecular complexity index is 533. The Morgan fingerprint density at radius 2 is 2.10 bits per heavy atom. The minimum Gasteiger partial charge on any atom is -0.465 e. The van der Waals surface area contributed by atoms with Crippen LogP contribution in [0.2, 0.25) is 0 Å². The fraction of sp³-hybridized carbons (Fsp3) is 0.438. The highest BCUT2D eigenvalue weighted by Crippen LogP contribution is 2.25. The van der Waals surface area contributed by atoms with Crippen molar-refractivity contribution in [2.75, 3.05) is 6.61 Å². The van der Waals surface area contributed by atoms with Crippen LogP contribution < -0.4 is 0 Å². The molecular weight excluding hydrogens is 254 g/mol. The molecule has 1 heterocycles. The monoisotopic (exact) mass is 275 g/mol. The van der Waals surface area contributed by atoms with Crippen LogP contribution in [-0.4, -0.2) is 23.8 Å². The molecule has 108 valence electrons. The van der Waals surface area contributed by atoms with Crippen LogP contribution >= 0.6 is 0 Å². The fourth-order valence-electron chi connectivity index (χ4n) is 1.86. The van der Waals surface area contributed by atoms with Gasteiger partial charge in [-0.15, -0.1) is 0 Å². The smallest absolute Gasteiger partial charge is 0.317 e. The highest BCUT2D eigenvalue weighted by Gasteiger charge is 2.33. The Hall–Kier alpha value is -1.97. The van der Waals surface area contributed by atoms with E-state index in [1.54, 1.807) is 26.8 Å². The topological polar surface area (TPSA) is 56.3 Å². The molecule has 0 aromatic carbocycles. The lowest BCUT2D eigenvalue weighted by Crippen LogP contribution is -2.32. The Morgan fingerprint density at radius 3 is 2.60 bits per heavy atom. The van der Waals surface area contributed by atoms with E-state index >= 15 is 0 Å². The summed E-state index contributed by atoms with van der Waals surface area (Å²) in [6.07, 6.45) is 1.34. The molecule has 0 bridgehead atoms. The van der Waals surface area contributed by atoms with Gasteiger partial charge in [-0.1, -0.05) is 12.2 Å². The molecule has 0 spiro atoms. The highest BCUT2D eigenvalue weighted by atomic mass is 16.5. The second-order valence-electron chi connectivity index (χ2n) is 5.38. The first-order chi connectivity index (χ1) is 9.31. The van der Waals surface area contributed by atoms with Crippen molar-refractivity contribution >= 4 is 12.3 Å². The summed E-state index contributed by atoms with van der Waals surface area (Å²) in [6.45, 7) is 11.3. The molecule has 0 radical (unpaired) electrons. The number of hydrogen-bond donors (Lipinski definition) is 0. The SMILES string of the molecule is C=C(C)Cc1cc(C=O)nc(C(C)(C)C(=O)OCC)c1. The van der Waals surface area contributed by atoms with Gasteiger partial charge < -0.3 is 4.74 Å². The average molecular weight is 275 g/mol. The zero-order chi connectivity index (χ0) is 15.3. The summed E-state index contributed by atoms with van der Waals surface area (Å²) in [4.78, 5) is 27.3. The summed E-state index contributed by atoms with van der Waals surface area (Å²) in [5.41, 5.74) is 1.86. The summed E-state index contributed by atoms with van der Waals surface area (Å²) in [5, 5.41) is 0. The maximum absolute atomic E-state index is 12.0. The third-order valence-electron chi connectivity index (χ3n) is 2.96. The number of aromatic nitrogens is 1. The largest absolute Gasteiger partial charge is 0.465 e. The number of ether oxygens (including phenoxy) is 1. The normalized spacial score (nSPS) is 11.0. The van der Waals surface area contributed by atoms with Crippen LogP contribution in [0.4, 0.5) is 0 Å². The van der Waals surface area contributed by atoms with Crippen molar-refractivity contribution < 1.29 is 14.3 Å². The van der Waals surface area contributed by atoms with Crippen LogP contribution in [0, 0.1) is 0 Å². The summed E-state index contributed by atoms with van der Waals surface area (Å²) in [5.74, 6) is -0.350. The molecule has 0 aliphatic rings. The number of esters is 1. The van der Waals surface area contributed by atoms with Crippen LogP contribution in [0.3, 0.4) is 0 Å². The van der Waals surface area contributed by atoms with Crippen LogP contribution in [-0.2, 0) is 21.4 Å². The minimum absolute atomic E-state index is 0.314. The first kappa shape index (κ1) is 16.1. The predicted molar refractivity (Wildman–Crippen MR) is 77.8 cm³/mol. The number of nitrogens with zero attached hydrogens (tertiary/aromatic N) is 1. The van der Waals surface area contributed by atoms with Crippen molar-refractivity contribution in [2.45, 2.75) is 39.5 Å². The molecule has 0 aliphatic heterocycles. The van der Waals surface area contributed by atoms with Gasteiger partial charge in [-0.2, -0.15) is 0 Å². The summed E-state index contributed by atoms with van der Waals surface area (Å²) < 4.78 is 5.07. The molecule has 0 atom stereocenters. The molecule has 1 rings (SSSR count). The number of allylic oxidation sites excluding steroid dienone is 1. The van der Waals surface area contributed by atoms with E-state index in [9.17, 15) is 9.59 Å². The average Bonchev–Trinajstić information content (AvgIpc) is 2.37. The first-order valence-electron chi connectivity index (χ1n) is 6.59. The van der Waals surface area contributed by atoms with Gasteiger partial charge in [0.15, 0.2) is 6.29 Å². The van der Waals surface area contributed by atoms with Crippen molar-refractivity contribution in [3.8, 4) is 0 Å². The maximum atomic E-state index is 12.0. The summed E-state index contributed by atoms with van der Waals surface area (Å²) >= 11 is 0. The maximum Gasteiger partial charge on any atom is 0.317 e. The van der Waals surface area contributed by atoms with E-state index in [4.69, 9.17) is 4.74 Å².